The van der Waals surface area contributed by atoms with Gasteiger partial charge in [-0.1, -0.05) is 51.9 Å². The van der Waals surface area contributed by atoms with Crippen molar-refractivity contribution >= 4 is 8.32 Å². The first-order valence-electron chi connectivity index (χ1n) is 7.32. The molecule has 0 aromatic heterocycles. The van der Waals surface area contributed by atoms with Gasteiger partial charge >= 0.3 is 0 Å². The van der Waals surface area contributed by atoms with Gasteiger partial charge < -0.3 is 4.43 Å². The molecule has 0 spiro atoms. The van der Waals surface area contributed by atoms with Gasteiger partial charge in [-0.05, 0) is 32.0 Å². The first-order chi connectivity index (χ1) is 7.64. The van der Waals surface area contributed by atoms with E-state index in [1.165, 1.54) is 63.8 Å². The van der Waals surface area contributed by atoms with Gasteiger partial charge in [0.2, 0.25) is 0 Å². The van der Waals surface area contributed by atoms with E-state index in [1.807, 2.05) is 0 Å². The summed E-state index contributed by atoms with van der Waals surface area (Å²) < 4.78 is 6.24. The fourth-order valence-electron chi connectivity index (χ4n) is 2.68. The third kappa shape index (κ3) is 6.05. The van der Waals surface area contributed by atoms with Crippen LogP contribution in [0.25, 0.3) is 0 Å². The molecule has 1 nitrogen and oxygen atoms in total. The van der Waals surface area contributed by atoms with E-state index in [4.69, 9.17) is 4.43 Å². The van der Waals surface area contributed by atoms with Crippen LogP contribution in [0.5, 0.6) is 0 Å². The predicted octanol–water partition coefficient (Wildman–Crippen LogP) is 5.12. The minimum absolute atomic E-state index is 0.613. The number of hydrogen-bond donors (Lipinski definition) is 0. The van der Waals surface area contributed by atoms with Gasteiger partial charge in [-0.25, -0.2) is 0 Å². The van der Waals surface area contributed by atoms with Gasteiger partial charge in [0.15, 0.2) is 8.32 Å². The van der Waals surface area contributed by atoms with E-state index in [1.54, 1.807) is 0 Å². The maximum atomic E-state index is 6.24. The van der Waals surface area contributed by atoms with Crippen LogP contribution >= 0.6 is 0 Å². The molecular formula is C14H30OSi. The first-order valence-corrected chi connectivity index (χ1v) is 10.4. The molecule has 1 fully saturated rings. The Morgan fingerprint density at radius 2 is 1.75 bits per heavy atom. The molecule has 1 unspecified atom stereocenters. The lowest BCUT2D eigenvalue weighted by Gasteiger charge is -2.34. The third-order valence-electron chi connectivity index (χ3n) is 3.67. The van der Waals surface area contributed by atoms with Crippen LogP contribution in [-0.4, -0.2) is 14.4 Å². The van der Waals surface area contributed by atoms with E-state index in [0.717, 1.165) is 0 Å². The van der Waals surface area contributed by atoms with Gasteiger partial charge in [-0.3, -0.25) is 0 Å². The van der Waals surface area contributed by atoms with E-state index in [9.17, 15) is 0 Å². The van der Waals surface area contributed by atoms with Crippen LogP contribution in [0.2, 0.25) is 19.1 Å². The molecule has 16 heavy (non-hydrogen) atoms. The zero-order valence-corrected chi connectivity index (χ0v) is 12.6. The van der Waals surface area contributed by atoms with Gasteiger partial charge in [0.1, 0.15) is 0 Å². The molecule has 1 saturated heterocycles. The zero-order chi connectivity index (χ0) is 11.9. The molecule has 0 aromatic rings. The maximum absolute atomic E-state index is 6.24. The molecule has 1 atom stereocenters. The maximum Gasteiger partial charge on any atom is 0.187 e. The smallest absolute Gasteiger partial charge is 0.187 e. The lowest BCUT2D eigenvalue weighted by molar-refractivity contribution is 0.148. The van der Waals surface area contributed by atoms with Crippen LogP contribution in [-0.2, 0) is 4.43 Å². The Kier molecular flexibility index (Phi) is 6.67. The van der Waals surface area contributed by atoms with Gasteiger partial charge in [-0.15, -0.1) is 0 Å². The van der Waals surface area contributed by atoms with Gasteiger partial charge in [0.05, 0.1) is 0 Å². The lowest BCUT2D eigenvalue weighted by atomic mass is 10.0. The average molecular weight is 242 g/mol. The van der Waals surface area contributed by atoms with Crippen molar-refractivity contribution in [2.75, 3.05) is 0 Å². The normalized spacial score (nSPS) is 24.6. The van der Waals surface area contributed by atoms with Crippen molar-refractivity contribution in [2.45, 2.75) is 90.0 Å². The highest BCUT2D eigenvalue weighted by molar-refractivity contribution is 6.71. The summed E-state index contributed by atoms with van der Waals surface area (Å²) in [4.78, 5) is 0. The molecule has 1 aliphatic rings. The fourth-order valence-corrected chi connectivity index (χ4v) is 4.99. The number of rotatable bonds is 7. The summed E-state index contributed by atoms with van der Waals surface area (Å²) in [5.41, 5.74) is 0. The van der Waals surface area contributed by atoms with Crippen LogP contribution in [0.3, 0.4) is 0 Å². The van der Waals surface area contributed by atoms with Crippen molar-refractivity contribution in [3.63, 3.8) is 0 Å². The molecule has 2 heteroatoms. The predicted molar refractivity (Wildman–Crippen MR) is 74.4 cm³/mol. The van der Waals surface area contributed by atoms with Crippen molar-refractivity contribution in [1.82, 2.24) is 0 Å². The molecule has 0 bridgehead atoms. The van der Waals surface area contributed by atoms with Gasteiger partial charge in [0.25, 0.3) is 0 Å². The van der Waals surface area contributed by atoms with Gasteiger partial charge in [0, 0.05) is 6.10 Å². The standard InChI is InChI=1S/C14H30OSi/c1-4-5-6-7-8-9-11-14-12-10-13-16(2,3)15-14/h14H,4-13H2,1-3H3. The highest BCUT2D eigenvalue weighted by Gasteiger charge is 2.30. The van der Waals surface area contributed by atoms with Crippen molar-refractivity contribution in [1.29, 1.82) is 0 Å². The lowest BCUT2D eigenvalue weighted by Crippen LogP contribution is -2.39. The van der Waals surface area contributed by atoms with Crippen molar-refractivity contribution in [3.05, 3.63) is 0 Å². The Balaban J connectivity index is 2.00. The van der Waals surface area contributed by atoms with E-state index < -0.39 is 8.32 Å². The fraction of sp³-hybridized carbons (Fsp3) is 1.00. The SMILES string of the molecule is CCCCCCCCC1CCC[Si](C)(C)O1. The highest BCUT2D eigenvalue weighted by Crippen LogP contribution is 2.28. The summed E-state index contributed by atoms with van der Waals surface area (Å²) in [5.74, 6) is 0. The molecule has 96 valence electrons. The van der Waals surface area contributed by atoms with Crippen LogP contribution in [0, 0.1) is 0 Å². The summed E-state index contributed by atoms with van der Waals surface area (Å²) >= 11 is 0. The largest absolute Gasteiger partial charge is 0.414 e. The topological polar surface area (TPSA) is 9.23 Å². The van der Waals surface area contributed by atoms with Crippen LogP contribution in [0.1, 0.15) is 64.7 Å². The summed E-state index contributed by atoms with van der Waals surface area (Å²) in [7, 11) is -1.23. The van der Waals surface area contributed by atoms with Crippen molar-refractivity contribution in [3.8, 4) is 0 Å². The second-order valence-corrected chi connectivity index (χ2v) is 10.2. The zero-order valence-electron chi connectivity index (χ0n) is 11.6. The Bertz CT molecular complexity index is 180. The first kappa shape index (κ1) is 14.2. The minimum Gasteiger partial charge on any atom is -0.414 e. The molecule has 1 heterocycles. The third-order valence-corrected chi connectivity index (χ3v) is 6.20. The highest BCUT2D eigenvalue weighted by atomic mass is 28.4. The number of hydrogen-bond acceptors (Lipinski definition) is 1. The quantitative estimate of drug-likeness (QED) is 0.445. The Hall–Kier alpha value is 0.177. The molecular weight excluding hydrogens is 212 g/mol. The van der Waals surface area contributed by atoms with Crippen LogP contribution in [0.4, 0.5) is 0 Å². The summed E-state index contributed by atoms with van der Waals surface area (Å²) in [6.07, 6.45) is 13.1. The molecule has 1 rings (SSSR count). The second kappa shape index (κ2) is 7.49. The van der Waals surface area contributed by atoms with Crippen LogP contribution < -0.4 is 0 Å². The Morgan fingerprint density at radius 1 is 1.06 bits per heavy atom. The Labute approximate surface area is 103 Å². The van der Waals surface area contributed by atoms with Crippen LogP contribution in [0.15, 0.2) is 0 Å². The minimum atomic E-state index is -1.23. The second-order valence-electron chi connectivity index (χ2n) is 5.95. The molecule has 0 aromatic carbocycles. The molecule has 0 aliphatic carbocycles. The van der Waals surface area contributed by atoms with Crippen molar-refractivity contribution in [2.24, 2.45) is 0 Å². The molecule has 1 aliphatic heterocycles. The van der Waals surface area contributed by atoms with E-state index >= 15 is 0 Å². The molecule has 0 amide bonds. The summed E-state index contributed by atoms with van der Waals surface area (Å²) in [6.45, 7) is 7.03. The van der Waals surface area contributed by atoms with E-state index in [2.05, 4.69) is 20.0 Å². The van der Waals surface area contributed by atoms with Gasteiger partial charge in [-0.2, -0.15) is 0 Å². The molecule has 0 N–H and O–H groups in total. The summed E-state index contributed by atoms with van der Waals surface area (Å²) in [6, 6.07) is 1.38. The number of unbranched alkanes of at least 4 members (excludes halogenated alkanes) is 5. The monoisotopic (exact) mass is 242 g/mol. The van der Waals surface area contributed by atoms with E-state index in [-0.39, 0.29) is 0 Å². The van der Waals surface area contributed by atoms with E-state index in [0.29, 0.717) is 6.10 Å². The Morgan fingerprint density at radius 3 is 2.44 bits per heavy atom. The molecule has 0 saturated carbocycles. The van der Waals surface area contributed by atoms with Crippen molar-refractivity contribution < 1.29 is 4.43 Å². The molecule has 0 radical (unpaired) electrons. The summed E-state index contributed by atoms with van der Waals surface area (Å²) in [5, 5.41) is 0. The average Bonchev–Trinajstić information content (AvgIpc) is 2.22.